The molecule has 0 amide bonds. The lowest BCUT2D eigenvalue weighted by molar-refractivity contribution is 0.367. The predicted octanol–water partition coefficient (Wildman–Crippen LogP) is 1.50. The van der Waals surface area contributed by atoms with Crippen LogP contribution in [0.1, 0.15) is 39.5 Å². The average molecular weight is 170 g/mol. The number of rotatable bonds is 6. The molecule has 72 valence electrons. The Hall–Kier alpha value is -0.0800. The highest BCUT2D eigenvalue weighted by molar-refractivity contribution is 4.85. The van der Waals surface area contributed by atoms with E-state index in [1.54, 1.807) is 0 Å². The molecule has 12 heavy (non-hydrogen) atoms. The minimum absolute atomic E-state index is 0.0366. The van der Waals surface area contributed by atoms with Crippen LogP contribution < -0.4 is 11.1 Å². The highest BCUT2D eigenvalue weighted by atomic mass is 14.9. The number of hydrogen-bond donors (Lipinski definition) is 2. The highest BCUT2D eigenvalue weighted by Gasteiger charge is 2.23. The molecule has 0 saturated heterocycles. The molecule has 1 fully saturated rings. The van der Waals surface area contributed by atoms with Crippen molar-refractivity contribution < 1.29 is 0 Å². The zero-order valence-corrected chi connectivity index (χ0v) is 8.40. The van der Waals surface area contributed by atoms with E-state index in [4.69, 9.17) is 5.73 Å². The van der Waals surface area contributed by atoms with E-state index in [1.807, 2.05) is 0 Å². The standard InChI is InChI=1S/C10H22N2/c1-3-10(11,4-2)8-12-7-9-5-6-9/h9,12H,3-8,11H2,1-2H3. The van der Waals surface area contributed by atoms with Crippen LogP contribution in [-0.2, 0) is 0 Å². The lowest BCUT2D eigenvalue weighted by atomic mass is 9.94. The summed E-state index contributed by atoms with van der Waals surface area (Å²) >= 11 is 0. The summed E-state index contributed by atoms with van der Waals surface area (Å²) in [4.78, 5) is 0. The monoisotopic (exact) mass is 170 g/mol. The maximum Gasteiger partial charge on any atom is 0.0275 e. The van der Waals surface area contributed by atoms with E-state index >= 15 is 0 Å². The Bertz CT molecular complexity index is 126. The minimum atomic E-state index is 0.0366. The van der Waals surface area contributed by atoms with Crippen LogP contribution in [0.5, 0.6) is 0 Å². The van der Waals surface area contributed by atoms with Crippen LogP contribution in [0, 0.1) is 5.92 Å². The fraction of sp³-hybridized carbons (Fsp3) is 1.00. The molecule has 1 aliphatic carbocycles. The predicted molar refractivity (Wildman–Crippen MR) is 53.1 cm³/mol. The van der Waals surface area contributed by atoms with Gasteiger partial charge in [-0.1, -0.05) is 13.8 Å². The van der Waals surface area contributed by atoms with Crippen molar-refractivity contribution >= 4 is 0 Å². The van der Waals surface area contributed by atoms with Gasteiger partial charge >= 0.3 is 0 Å². The zero-order valence-electron chi connectivity index (χ0n) is 8.40. The molecule has 2 nitrogen and oxygen atoms in total. The first-order chi connectivity index (χ1) is 5.70. The fourth-order valence-corrected chi connectivity index (χ4v) is 1.35. The maximum atomic E-state index is 6.14. The van der Waals surface area contributed by atoms with Gasteiger partial charge in [-0.15, -0.1) is 0 Å². The third-order valence-corrected chi connectivity index (χ3v) is 3.02. The van der Waals surface area contributed by atoms with Gasteiger partial charge in [-0.2, -0.15) is 0 Å². The number of nitrogens with two attached hydrogens (primary N) is 1. The van der Waals surface area contributed by atoms with E-state index in [9.17, 15) is 0 Å². The van der Waals surface area contributed by atoms with Crippen LogP contribution >= 0.6 is 0 Å². The van der Waals surface area contributed by atoms with E-state index in [-0.39, 0.29) is 5.54 Å². The van der Waals surface area contributed by atoms with Crippen molar-refractivity contribution in [2.45, 2.75) is 45.1 Å². The molecule has 2 heteroatoms. The van der Waals surface area contributed by atoms with E-state index in [2.05, 4.69) is 19.2 Å². The second-order valence-corrected chi connectivity index (χ2v) is 4.14. The Morgan fingerprint density at radius 1 is 1.33 bits per heavy atom. The molecule has 0 aromatic heterocycles. The molecule has 1 saturated carbocycles. The quantitative estimate of drug-likeness (QED) is 0.634. The molecule has 3 N–H and O–H groups in total. The van der Waals surface area contributed by atoms with Crippen LogP contribution in [0.3, 0.4) is 0 Å². The molecule has 0 spiro atoms. The molecule has 0 radical (unpaired) electrons. The van der Waals surface area contributed by atoms with Crippen LogP contribution in [0.2, 0.25) is 0 Å². The molecule has 0 unspecified atom stereocenters. The smallest absolute Gasteiger partial charge is 0.0275 e. The van der Waals surface area contributed by atoms with Crippen LogP contribution in [0.15, 0.2) is 0 Å². The number of nitrogens with one attached hydrogen (secondary N) is 1. The second-order valence-electron chi connectivity index (χ2n) is 4.14. The van der Waals surface area contributed by atoms with Gasteiger partial charge in [0.2, 0.25) is 0 Å². The SMILES string of the molecule is CCC(N)(CC)CNCC1CC1. The minimum Gasteiger partial charge on any atom is -0.324 e. The van der Waals surface area contributed by atoms with Crippen molar-refractivity contribution in [1.29, 1.82) is 0 Å². The Morgan fingerprint density at radius 3 is 2.33 bits per heavy atom. The molecule has 0 aliphatic heterocycles. The molecule has 0 heterocycles. The molecule has 1 aliphatic rings. The van der Waals surface area contributed by atoms with Gasteiger partial charge in [0.25, 0.3) is 0 Å². The van der Waals surface area contributed by atoms with E-state index in [0.29, 0.717) is 0 Å². The molecule has 0 atom stereocenters. The molecule has 0 aromatic rings. The third-order valence-electron chi connectivity index (χ3n) is 3.02. The van der Waals surface area contributed by atoms with Gasteiger partial charge in [0.05, 0.1) is 0 Å². The summed E-state index contributed by atoms with van der Waals surface area (Å²) in [5, 5.41) is 3.46. The van der Waals surface area contributed by atoms with Gasteiger partial charge in [0, 0.05) is 12.1 Å². The summed E-state index contributed by atoms with van der Waals surface area (Å²) in [5.41, 5.74) is 6.18. The van der Waals surface area contributed by atoms with Crippen molar-refractivity contribution in [3.8, 4) is 0 Å². The molecular weight excluding hydrogens is 148 g/mol. The van der Waals surface area contributed by atoms with Gasteiger partial charge in [0.1, 0.15) is 0 Å². The molecule has 1 rings (SSSR count). The average Bonchev–Trinajstić information content (AvgIpc) is 2.88. The zero-order chi connectivity index (χ0) is 9.03. The lowest BCUT2D eigenvalue weighted by Crippen LogP contribution is -2.48. The van der Waals surface area contributed by atoms with Gasteiger partial charge < -0.3 is 11.1 Å². The summed E-state index contributed by atoms with van der Waals surface area (Å²) in [7, 11) is 0. The normalized spacial score (nSPS) is 18.2. The summed E-state index contributed by atoms with van der Waals surface area (Å²) in [6, 6.07) is 0. The van der Waals surface area contributed by atoms with Gasteiger partial charge in [0.15, 0.2) is 0 Å². The van der Waals surface area contributed by atoms with Crippen molar-refractivity contribution in [3.05, 3.63) is 0 Å². The van der Waals surface area contributed by atoms with E-state index in [0.717, 1.165) is 25.3 Å². The van der Waals surface area contributed by atoms with Crippen molar-refractivity contribution in [3.63, 3.8) is 0 Å². The summed E-state index contributed by atoms with van der Waals surface area (Å²) < 4.78 is 0. The second kappa shape index (κ2) is 4.24. The van der Waals surface area contributed by atoms with Gasteiger partial charge in [-0.05, 0) is 38.1 Å². The van der Waals surface area contributed by atoms with E-state index < -0.39 is 0 Å². The lowest BCUT2D eigenvalue weighted by Gasteiger charge is -2.26. The first kappa shape index (κ1) is 10.0. The summed E-state index contributed by atoms with van der Waals surface area (Å²) in [6.07, 6.45) is 4.98. The first-order valence-electron chi connectivity index (χ1n) is 5.20. The Balaban J connectivity index is 2.08. The summed E-state index contributed by atoms with van der Waals surface area (Å²) in [5.74, 6) is 0.961. The Kier molecular flexibility index (Phi) is 3.53. The summed E-state index contributed by atoms with van der Waals surface area (Å²) in [6.45, 7) is 6.50. The van der Waals surface area contributed by atoms with Gasteiger partial charge in [-0.25, -0.2) is 0 Å². The Labute approximate surface area is 75.9 Å². The topological polar surface area (TPSA) is 38.0 Å². The van der Waals surface area contributed by atoms with E-state index in [1.165, 1.54) is 19.4 Å². The number of hydrogen-bond acceptors (Lipinski definition) is 2. The molecule has 0 aromatic carbocycles. The van der Waals surface area contributed by atoms with Crippen LogP contribution in [0.4, 0.5) is 0 Å². The Morgan fingerprint density at radius 2 is 1.92 bits per heavy atom. The van der Waals surface area contributed by atoms with Crippen molar-refractivity contribution in [2.75, 3.05) is 13.1 Å². The van der Waals surface area contributed by atoms with Crippen molar-refractivity contribution in [1.82, 2.24) is 5.32 Å². The third kappa shape index (κ3) is 3.11. The fourth-order valence-electron chi connectivity index (χ4n) is 1.35. The molecular formula is C10H22N2. The highest BCUT2D eigenvalue weighted by Crippen LogP contribution is 2.27. The largest absolute Gasteiger partial charge is 0.324 e. The molecule has 0 bridgehead atoms. The maximum absolute atomic E-state index is 6.14. The van der Waals surface area contributed by atoms with Crippen LogP contribution in [-0.4, -0.2) is 18.6 Å². The first-order valence-corrected chi connectivity index (χ1v) is 5.20. The van der Waals surface area contributed by atoms with Crippen LogP contribution in [0.25, 0.3) is 0 Å². The van der Waals surface area contributed by atoms with Gasteiger partial charge in [-0.3, -0.25) is 0 Å². The van der Waals surface area contributed by atoms with Crippen molar-refractivity contribution in [2.24, 2.45) is 11.7 Å².